The number of hydrogen-bond acceptors (Lipinski definition) is 7. The highest BCUT2D eigenvalue weighted by Crippen LogP contribution is 2.14. The molecule has 3 aromatic rings. The summed E-state index contributed by atoms with van der Waals surface area (Å²) in [7, 11) is 1.81. The number of carbonyl (C=O) groups is 1. The lowest BCUT2D eigenvalue weighted by molar-refractivity contribution is -0.122. The Morgan fingerprint density at radius 2 is 2.25 bits per heavy atom. The Hall–Kier alpha value is -3.00. The lowest BCUT2D eigenvalue weighted by Gasteiger charge is -2.13. The summed E-state index contributed by atoms with van der Waals surface area (Å²) >= 11 is 0. The normalized spacial score (nSPS) is 10.9. The molecule has 0 unspecified atom stereocenters. The summed E-state index contributed by atoms with van der Waals surface area (Å²) in [6.07, 6.45) is 4.92. The maximum absolute atomic E-state index is 11.9. The van der Waals surface area contributed by atoms with Gasteiger partial charge in [0.15, 0.2) is 0 Å². The maximum Gasteiger partial charge on any atom is 0.241 e. The third-order valence-electron chi connectivity index (χ3n) is 3.25. The molecule has 124 valence electrons. The molecule has 3 aromatic heterocycles. The van der Waals surface area contributed by atoms with Gasteiger partial charge in [0.2, 0.25) is 17.6 Å². The predicted molar refractivity (Wildman–Crippen MR) is 84.4 cm³/mol. The summed E-state index contributed by atoms with van der Waals surface area (Å²) in [4.78, 5) is 22.0. The van der Waals surface area contributed by atoms with E-state index in [1.807, 2.05) is 12.1 Å². The van der Waals surface area contributed by atoms with Crippen LogP contribution >= 0.6 is 0 Å². The molecule has 0 aromatic carbocycles. The van der Waals surface area contributed by atoms with E-state index in [1.165, 1.54) is 0 Å². The number of nitrogens with one attached hydrogen (secondary N) is 1. The SMILES string of the molecule is CN(CC(=O)NCc1ccco1)Cc1nc(-c2cccnc2)no1. The van der Waals surface area contributed by atoms with Crippen LogP contribution in [-0.4, -0.2) is 39.5 Å². The fourth-order valence-corrected chi connectivity index (χ4v) is 2.12. The van der Waals surface area contributed by atoms with E-state index in [4.69, 9.17) is 8.94 Å². The Balaban J connectivity index is 1.49. The fraction of sp³-hybridized carbons (Fsp3) is 0.250. The summed E-state index contributed by atoms with van der Waals surface area (Å²) in [5.41, 5.74) is 0.784. The molecule has 3 heterocycles. The van der Waals surface area contributed by atoms with Crippen LogP contribution in [0.2, 0.25) is 0 Å². The van der Waals surface area contributed by atoms with Crippen LogP contribution in [0, 0.1) is 0 Å². The molecule has 1 N–H and O–H groups in total. The number of furan rings is 1. The summed E-state index contributed by atoms with van der Waals surface area (Å²) in [6, 6.07) is 7.25. The Morgan fingerprint density at radius 1 is 1.33 bits per heavy atom. The van der Waals surface area contributed by atoms with Crippen molar-refractivity contribution < 1.29 is 13.7 Å². The van der Waals surface area contributed by atoms with E-state index in [-0.39, 0.29) is 12.5 Å². The second kappa shape index (κ2) is 7.51. The number of amides is 1. The van der Waals surface area contributed by atoms with E-state index in [0.29, 0.717) is 30.6 Å². The first-order valence-electron chi connectivity index (χ1n) is 7.41. The lowest BCUT2D eigenvalue weighted by atomic mass is 10.3. The van der Waals surface area contributed by atoms with Crippen LogP contribution in [0.25, 0.3) is 11.4 Å². The number of carbonyl (C=O) groups excluding carboxylic acids is 1. The first kappa shape index (κ1) is 15.9. The van der Waals surface area contributed by atoms with E-state index < -0.39 is 0 Å². The molecule has 8 nitrogen and oxygen atoms in total. The summed E-state index contributed by atoms with van der Waals surface area (Å²) < 4.78 is 10.4. The fourth-order valence-electron chi connectivity index (χ4n) is 2.12. The van der Waals surface area contributed by atoms with E-state index in [9.17, 15) is 4.79 Å². The van der Waals surface area contributed by atoms with Crippen molar-refractivity contribution in [1.82, 2.24) is 25.3 Å². The molecule has 24 heavy (non-hydrogen) atoms. The molecule has 0 spiro atoms. The predicted octanol–water partition coefficient (Wildman–Crippen LogP) is 1.47. The number of aromatic nitrogens is 3. The number of pyridine rings is 1. The van der Waals surface area contributed by atoms with Gasteiger partial charge in [-0.15, -0.1) is 0 Å². The molecule has 0 bridgehead atoms. The number of likely N-dealkylation sites (N-methyl/N-ethyl adjacent to an activating group) is 1. The topological polar surface area (TPSA) is 97.3 Å². The maximum atomic E-state index is 11.9. The van der Waals surface area contributed by atoms with Gasteiger partial charge in [-0.3, -0.25) is 14.7 Å². The van der Waals surface area contributed by atoms with Gasteiger partial charge in [-0.25, -0.2) is 0 Å². The van der Waals surface area contributed by atoms with Crippen molar-refractivity contribution in [3.8, 4) is 11.4 Å². The summed E-state index contributed by atoms with van der Waals surface area (Å²) in [5.74, 6) is 1.52. The van der Waals surface area contributed by atoms with Gasteiger partial charge in [0.05, 0.1) is 25.9 Å². The van der Waals surface area contributed by atoms with Gasteiger partial charge < -0.3 is 14.3 Å². The minimum absolute atomic E-state index is 0.110. The van der Waals surface area contributed by atoms with Crippen LogP contribution in [0.5, 0.6) is 0 Å². The van der Waals surface area contributed by atoms with Gasteiger partial charge in [0.25, 0.3) is 0 Å². The van der Waals surface area contributed by atoms with Gasteiger partial charge in [0, 0.05) is 18.0 Å². The molecule has 0 aliphatic rings. The highest BCUT2D eigenvalue weighted by Gasteiger charge is 2.13. The summed E-state index contributed by atoms with van der Waals surface area (Å²) in [6.45, 7) is 0.956. The zero-order valence-electron chi connectivity index (χ0n) is 13.2. The molecule has 3 rings (SSSR count). The zero-order chi connectivity index (χ0) is 16.8. The standard InChI is InChI=1S/C16H17N5O3/c1-21(10-14(22)18-9-13-5-3-7-23-13)11-15-19-16(20-24-15)12-4-2-6-17-8-12/h2-8H,9-11H2,1H3,(H,18,22). The third kappa shape index (κ3) is 4.26. The van der Waals surface area contributed by atoms with Crippen LogP contribution in [0.4, 0.5) is 0 Å². The molecular formula is C16H17N5O3. The summed E-state index contributed by atoms with van der Waals surface area (Å²) in [5, 5.41) is 6.71. The lowest BCUT2D eigenvalue weighted by Crippen LogP contribution is -2.34. The van der Waals surface area contributed by atoms with Gasteiger partial charge in [0.1, 0.15) is 5.76 Å². The molecular weight excluding hydrogens is 310 g/mol. The number of nitrogens with zero attached hydrogens (tertiary/aromatic N) is 4. The minimum Gasteiger partial charge on any atom is -0.467 e. The number of rotatable bonds is 7. The van der Waals surface area contributed by atoms with E-state index >= 15 is 0 Å². The van der Waals surface area contributed by atoms with Crippen LogP contribution in [0.3, 0.4) is 0 Å². The minimum atomic E-state index is -0.110. The molecule has 0 radical (unpaired) electrons. The van der Waals surface area contributed by atoms with E-state index in [2.05, 4.69) is 20.4 Å². The molecule has 0 aliphatic carbocycles. The largest absolute Gasteiger partial charge is 0.467 e. The Kier molecular flexibility index (Phi) is 4.97. The van der Waals surface area contributed by atoms with Crippen LogP contribution < -0.4 is 5.32 Å². The van der Waals surface area contributed by atoms with Crippen molar-refractivity contribution in [3.63, 3.8) is 0 Å². The van der Waals surface area contributed by atoms with Crippen molar-refractivity contribution in [1.29, 1.82) is 0 Å². The Bertz CT molecular complexity index is 770. The molecule has 0 fully saturated rings. The van der Waals surface area contributed by atoms with Gasteiger partial charge in [-0.1, -0.05) is 5.16 Å². The molecule has 0 atom stereocenters. The zero-order valence-corrected chi connectivity index (χ0v) is 13.2. The highest BCUT2D eigenvalue weighted by atomic mass is 16.5. The van der Waals surface area contributed by atoms with E-state index in [0.717, 1.165) is 5.56 Å². The van der Waals surface area contributed by atoms with Gasteiger partial charge in [-0.05, 0) is 31.3 Å². The second-order valence-corrected chi connectivity index (χ2v) is 5.28. The van der Waals surface area contributed by atoms with Crippen molar-refractivity contribution in [2.45, 2.75) is 13.1 Å². The first-order chi connectivity index (χ1) is 11.7. The van der Waals surface area contributed by atoms with Crippen LogP contribution in [-0.2, 0) is 17.9 Å². The monoisotopic (exact) mass is 327 g/mol. The van der Waals surface area contributed by atoms with Gasteiger partial charge in [-0.2, -0.15) is 4.98 Å². The van der Waals surface area contributed by atoms with Gasteiger partial charge >= 0.3 is 0 Å². The average molecular weight is 327 g/mol. The Labute approximate surface area is 138 Å². The van der Waals surface area contributed by atoms with Crippen LogP contribution in [0.15, 0.2) is 51.9 Å². The molecule has 8 heteroatoms. The van der Waals surface area contributed by atoms with Crippen molar-refractivity contribution in [3.05, 3.63) is 54.6 Å². The van der Waals surface area contributed by atoms with Crippen LogP contribution in [0.1, 0.15) is 11.7 Å². The van der Waals surface area contributed by atoms with Crippen molar-refractivity contribution >= 4 is 5.91 Å². The highest BCUT2D eigenvalue weighted by molar-refractivity contribution is 5.77. The number of hydrogen-bond donors (Lipinski definition) is 1. The van der Waals surface area contributed by atoms with E-state index in [1.54, 1.807) is 42.7 Å². The second-order valence-electron chi connectivity index (χ2n) is 5.28. The third-order valence-corrected chi connectivity index (χ3v) is 3.25. The quantitative estimate of drug-likeness (QED) is 0.702. The molecule has 0 saturated heterocycles. The van der Waals surface area contributed by atoms with Crippen molar-refractivity contribution in [2.75, 3.05) is 13.6 Å². The first-order valence-corrected chi connectivity index (χ1v) is 7.41. The molecule has 0 aliphatic heterocycles. The van der Waals surface area contributed by atoms with Crippen molar-refractivity contribution in [2.24, 2.45) is 0 Å². The smallest absolute Gasteiger partial charge is 0.241 e. The molecule has 0 saturated carbocycles. The molecule has 1 amide bonds. The average Bonchev–Trinajstić information content (AvgIpc) is 3.25. The Morgan fingerprint density at radius 3 is 3.00 bits per heavy atom.